The van der Waals surface area contributed by atoms with Crippen LogP contribution in [0.2, 0.25) is 0 Å². The van der Waals surface area contributed by atoms with Gasteiger partial charge in [-0.05, 0) is 43.4 Å². The van der Waals surface area contributed by atoms with Crippen LogP contribution in [0.1, 0.15) is 56.4 Å². The number of fused-ring (bicyclic) bond motifs is 1. The van der Waals surface area contributed by atoms with Crippen molar-refractivity contribution >= 4 is 97.6 Å². The van der Waals surface area contributed by atoms with E-state index in [-0.39, 0.29) is 61.8 Å². The molecule has 1 aliphatic rings. The molecule has 3 heterocycles. The molecule has 17 N–H and O–H groups in total. The summed E-state index contributed by atoms with van der Waals surface area (Å²) in [6.45, 7) is 2.58. The number of rotatable bonds is 15. The Morgan fingerprint density at radius 1 is 0.697 bits per heavy atom. The van der Waals surface area contributed by atoms with Crippen molar-refractivity contribution in [3.8, 4) is 0 Å². The highest BCUT2D eigenvalue weighted by Gasteiger charge is 2.35. The van der Waals surface area contributed by atoms with Crippen molar-refractivity contribution in [2.45, 2.75) is 107 Å². The average Bonchev–Trinajstić information content (AvgIpc) is 4.05. The molecular weight excluding hydrogens is 1030 g/mol. The Balaban J connectivity index is 1.57. The molecule has 0 bridgehead atoms. The van der Waals surface area contributed by atoms with Crippen LogP contribution in [0.4, 0.5) is 0 Å². The molecule has 1 aliphatic heterocycles. The van der Waals surface area contributed by atoms with Gasteiger partial charge in [-0.3, -0.25) is 53.4 Å². The molecule has 4 aromatic rings. The summed E-state index contributed by atoms with van der Waals surface area (Å²) in [5.41, 5.74) is 13.4. The zero-order valence-electron chi connectivity index (χ0n) is 41.6. The van der Waals surface area contributed by atoms with Crippen LogP contribution >= 0.6 is 21.6 Å². The number of nitrogens with one attached hydrogen (secondary N) is 12. The molecule has 0 unspecified atom stereocenters. The predicted molar refractivity (Wildman–Crippen MR) is 281 cm³/mol. The van der Waals surface area contributed by atoms with Crippen molar-refractivity contribution in [2.75, 3.05) is 18.1 Å². The Kier molecular flexibility index (Phi) is 22.5. The number of carboxylic acids is 1. The summed E-state index contributed by atoms with van der Waals surface area (Å²) in [5, 5.41) is 41.4. The summed E-state index contributed by atoms with van der Waals surface area (Å²) >= 11 is 0. The van der Waals surface area contributed by atoms with Gasteiger partial charge in [0.05, 0.1) is 12.0 Å². The summed E-state index contributed by atoms with van der Waals surface area (Å²) in [6.07, 6.45) is 2.86. The van der Waals surface area contributed by atoms with Crippen LogP contribution in [0, 0.1) is 5.41 Å². The molecule has 0 aliphatic carbocycles. The first-order chi connectivity index (χ1) is 36.3. The van der Waals surface area contributed by atoms with Gasteiger partial charge >= 0.3 is 5.97 Å². The van der Waals surface area contributed by atoms with Gasteiger partial charge in [-0.1, -0.05) is 70.1 Å². The molecule has 0 spiro atoms. The number of imidazole rings is 1. The molecule has 1 saturated heterocycles. The number of carbonyl (C=O) groups excluding carboxylic acids is 9. The van der Waals surface area contributed by atoms with Crippen LogP contribution in [-0.4, -0.2) is 152 Å². The van der Waals surface area contributed by atoms with Gasteiger partial charge in [0.25, 0.3) is 0 Å². The van der Waals surface area contributed by atoms with Crippen LogP contribution in [-0.2, 0) is 67.2 Å². The van der Waals surface area contributed by atoms with Crippen molar-refractivity contribution in [1.82, 2.24) is 62.8 Å². The third-order valence-corrected chi connectivity index (χ3v) is 14.2. The maximum Gasteiger partial charge on any atom is 0.303 e. The number of hydrogen-bond donors (Lipinski definition) is 15. The minimum Gasteiger partial charge on any atom is -0.481 e. The van der Waals surface area contributed by atoms with Crippen LogP contribution in [0.25, 0.3) is 10.9 Å². The number of para-hydroxylation sites is 1. The quantitative estimate of drug-likeness (QED) is 0.0261. The fourth-order valence-corrected chi connectivity index (χ4v) is 10.2. The van der Waals surface area contributed by atoms with Gasteiger partial charge in [0.1, 0.15) is 48.3 Å². The number of nitrogens with zero attached hydrogens (tertiary/aromatic N) is 1. The number of carbonyl (C=O) groups is 10. The van der Waals surface area contributed by atoms with Gasteiger partial charge in [0.15, 0.2) is 5.96 Å². The number of aromatic nitrogens is 3. The van der Waals surface area contributed by atoms with E-state index < -0.39 is 120 Å². The topological polar surface area (TPSA) is 420 Å². The largest absolute Gasteiger partial charge is 0.481 e. The molecular formula is C48H63N15O11S2. The minimum absolute atomic E-state index is 0.0882. The fourth-order valence-electron chi connectivity index (χ4n) is 7.84. The van der Waals surface area contributed by atoms with Crippen molar-refractivity contribution in [3.05, 3.63) is 90.1 Å². The number of primary amides is 1. The van der Waals surface area contributed by atoms with E-state index in [1.807, 2.05) is 18.2 Å². The molecule has 1 fully saturated rings. The van der Waals surface area contributed by atoms with E-state index in [0.29, 0.717) is 11.1 Å². The van der Waals surface area contributed by atoms with E-state index in [4.69, 9.17) is 16.9 Å². The van der Waals surface area contributed by atoms with Gasteiger partial charge in [0.2, 0.25) is 53.2 Å². The Morgan fingerprint density at radius 2 is 1.28 bits per heavy atom. The smallest absolute Gasteiger partial charge is 0.303 e. The summed E-state index contributed by atoms with van der Waals surface area (Å²) in [5.74, 6) is -9.80. The predicted octanol–water partition coefficient (Wildman–Crippen LogP) is -2.15. The lowest BCUT2D eigenvalue weighted by atomic mass is 10.0. The van der Waals surface area contributed by atoms with E-state index in [1.165, 1.54) is 19.4 Å². The lowest BCUT2D eigenvalue weighted by Crippen LogP contribution is -2.61. The van der Waals surface area contributed by atoms with Crippen molar-refractivity contribution in [2.24, 2.45) is 11.5 Å². The summed E-state index contributed by atoms with van der Waals surface area (Å²) < 4.78 is 0. The molecule has 408 valence electrons. The van der Waals surface area contributed by atoms with Gasteiger partial charge in [0, 0.05) is 74.0 Å². The summed E-state index contributed by atoms with van der Waals surface area (Å²) in [6, 6.07) is 4.40. The number of nitrogens with two attached hydrogens (primary N) is 2. The van der Waals surface area contributed by atoms with Crippen molar-refractivity contribution < 1.29 is 53.1 Å². The van der Waals surface area contributed by atoms with Crippen LogP contribution in [0.15, 0.2) is 73.3 Å². The maximum absolute atomic E-state index is 14.7. The first-order valence-electron chi connectivity index (χ1n) is 24.1. The third-order valence-electron chi connectivity index (χ3n) is 11.8. The molecule has 0 saturated carbocycles. The van der Waals surface area contributed by atoms with Crippen LogP contribution in [0.5, 0.6) is 0 Å². The van der Waals surface area contributed by atoms with Crippen LogP contribution < -0.4 is 59.3 Å². The van der Waals surface area contributed by atoms with Gasteiger partial charge in [-0.15, -0.1) is 0 Å². The average molecular weight is 1090 g/mol. The van der Waals surface area contributed by atoms with Gasteiger partial charge < -0.3 is 74.4 Å². The SMILES string of the molecule is CC(=O)N[C@H]1CSSC[C@@H](C(N)=O)NC(=O)[C@H](C)NC(=O)[C@H](Cc2c[nH]c3ccccc23)NC(=O)[C@H](CCCNC(=N)N)NC(=O)[C@@H](Cc2ccccc2)NC(=O)[C@H](Cc2c[nH]cn2)NC(=O)[C@H](CCC(=O)O)NC1=O. The number of guanidine groups is 1. The lowest BCUT2D eigenvalue weighted by molar-refractivity contribution is -0.138. The standard InChI is InChI=1S/C48H63N15O11S2/c1-25-41(68)63-37(40(49)67)22-75-76-23-38(57-26(2)64)47(74)59-33(14-15-39(65)66)43(70)62-36(19-29-21-52-24-55-29)46(73)60-34(17-27-9-4-3-5-10-27)45(72)58-32(13-8-16-53-48(50)51)42(69)61-35(44(71)56-25)18-28-20-54-31-12-7-6-11-30(28)31/h3-7,9-12,20-21,24-25,32-38,54H,8,13-19,22-23H2,1-2H3,(H2,49,67)(H,52,55)(H,56,71)(H,57,64)(H,58,72)(H,59,74)(H,60,73)(H,61,69)(H,62,70)(H,63,68)(H,65,66)(H4,50,51,53)/t25-,32-,33-,34+,35-,36-,37-,38-/m0/s1. The van der Waals surface area contributed by atoms with Gasteiger partial charge in [-0.25, -0.2) is 4.98 Å². The fraction of sp³-hybridized carbons (Fsp3) is 0.417. The van der Waals surface area contributed by atoms with E-state index in [2.05, 4.69) is 62.8 Å². The third kappa shape index (κ3) is 18.7. The van der Waals surface area contributed by atoms with E-state index in [9.17, 15) is 53.1 Å². The second-order valence-corrected chi connectivity index (χ2v) is 20.3. The van der Waals surface area contributed by atoms with E-state index >= 15 is 0 Å². The summed E-state index contributed by atoms with van der Waals surface area (Å²) in [7, 11) is 1.98. The number of aromatic amines is 2. The monoisotopic (exact) mass is 1090 g/mol. The number of H-pyrrole nitrogens is 2. The first-order valence-corrected chi connectivity index (χ1v) is 26.6. The Morgan fingerprint density at radius 3 is 1.91 bits per heavy atom. The zero-order valence-corrected chi connectivity index (χ0v) is 43.2. The minimum atomic E-state index is -1.59. The molecule has 76 heavy (non-hydrogen) atoms. The van der Waals surface area contributed by atoms with E-state index in [0.717, 1.165) is 39.4 Å². The molecule has 2 aromatic carbocycles. The second kappa shape index (κ2) is 29.1. The van der Waals surface area contributed by atoms with Gasteiger partial charge in [-0.2, -0.15) is 0 Å². The molecule has 0 radical (unpaired) electrons. The number of aliphatic carboxylic acids is 1. The zero-order chi connectivity index (χ0) is 55.3. The highest BCUT2D eigenvalue weighted by molar-refractivity contribution is 8.76. The number of carboxylic acid groups (broad SMARTS) is 1. The molecule has 2 aromatic heterocycles. The molecule has 26 nitrogen and oxygen atoms in total. The first kappa shape index (κ1) is 58.7. The Labute approximate surface area is 444 Å². The summed E-state index contributed by atoms with van der Waals surface area (Å²) in [4.78, 5) is 147. The molecule has 5 rings (SSSR count). The Bertz CT molecular complexity index is 2710. The Hall–Kier alpha value is -8.14. The molecule has 9 amide bonds. The van der Waals surface area contributed by atoms with Crippen molar-refractivity contribution in [3.63, 3.8) is 0 Å². The number of hydrogen-bond acceptors (Lipinski definition) is 14. The second-order valence-electron chi connectivity index (χ2n) is 17.8. The number of benzene rings is 2. The van der Waals surface area contributed by atoms with Crippen LogP contribution in [0.3, 0.4) is 0 Å². The van der Waals surface area contributed by atoms with E-state index in [1.54, 1.807) is 42.6 Å². The molecule has 8 atom stereocenters. The van der Waals surface area contributed by atoms with Crippen molar-refractivity contribution in [1.29, 1.82) is 5.41 Å². The number of amides is 9. The maximum atomic E-state index is 14.7. The molecule has 28 heteroatoms. The highest BCUT2D eigenvalue weighted by Crippen LogP contribution is 2.24. The highest BCUT2D eigenvalue weighted by atomic mass is 33.1. The normalized spacial score (nSPS) is 23.1. The lowest BCUT2D eigenvalue weighted by Gasteiger charge is -2.28.